The van der Waals surface area contributed by atoms with E-state index in [1.807, 2.05) is 0 Å². The zero-order chi connectivity index (χ0) is 28.3. The molecule has 1 unspecified atom stereocenters. The molecule has 2 amide bonds. The lowest BCUT2D eigenvalue weighted by molar-refractivity contribution is -0.160. The summed E-state index contributed by atoms with van der Waals surface area (Å²) in [6.07, 6.45) is 0. The maximum absolute atomic E-state index is 13.1. The van der Waals surface area contributed by atoms with Crippen LogP contribution < -0.4 is 5.32 Å². The molecule has 0 aromatic carbocycles. The van der Waals surface area contributed by atoms with E-state index in [2.05, 4.69) is 31.0 Å². The van der Waals surface area contributed by atoms with Crippen molar-refractivity contribution in [2.45, 2.75) is 42.9 Å². The maximum atomic E-state index is 13.1. The lowest BCUT2D eigenvalue weighted by Gasteiger charge is -2.49. The van der Waals surface area contributed by atoms with E-state index in [9.17, 15) is 24.3 Å². The Hall–Kier alpha value is -3.51. The third kappa shape index (κ3) is 6.56. The molecule has 4 rings (SSSR count). The second-order valence-electron chi connectivity index (χ2n) is 9.17. The van der Waals surface area contributed by atoms with Gasteiger partial charge >= 0.3 is 11.9 Å². The highest BCUT2D eigenvalue weighted by atomic mass is 32.2. The van der Waals surface area contributed by atoms with Gasteiger partial charge in [-0.25, -0.2) is 19.3 Å². The van der Waals surface area contributed by atoms with Gasteiger partial charge in [-0.05, 0) is 36.8 Å². The molecule has 2 atom stereocenters. The first-order chi connectivity index (χ1) is 18.5. The molecule has 2 aliphatic rings. The summed E-state index contributed by atoms with van der Waals surface area (Å²) in [4.78, 5) is 60.5. The molecular weight excluding hydrogens is 572 g/mol. The van der Waals surface area contributed by atoms with Gasteiger partial charge in [-0.2, -0.15) is 0 Å². The molecule has 2 N–H and O–H groups in total. The Morgan fingerprint density at radius 2 is 2.10 bits per heavy atom. The van der Waals surface area contributed by atoms with Gasteiger partial charge in [0.25, 0.3) is 11.8 Å². The number of nitrogens with zero attached hydrogens (tertiary/aromatic N) is 7. The number of ether oxygens (including phenoxy) is 1. The van der Waals surface area contributed by atoms with Crippen LogP contribution in [0.4, 0.5) is 0 Å². The number of thiazole rings is 1. The van der Waals surface area contributed by atoms with Crippen LogP contribution in [-0.4, -0.2) is 99.8 Å². The van der Waals surface area contributed by atoms with E-state index in [4.69, 9.17) is 9.57 Å². The number of carbonyl (C=O) groups excluding carboxylic acids is 3. The van der Waals surface area contributed by atoms with Gasteiger partial charge in [-0.1, -0.05) is 16.9 Å². The monoisotopic (exact) mass is 596 g/mol. The summed E-state index contributed by atoms with van der Waals surface area (Å²) in [6.45, 7) is 4.57. The first-order valence-electron chi connectivity index (χ1n) is 11.3. The van der Waals surface area contributed by atoms with Crippen LogP contribution in [0.1, 0.15) is 26.5 Å². The van der Waals surface area contributed by atoms with E-state index in [1.54, 1.807) is 33.2 Å². The van der Waals surface area contributed by atoms with Crippen LogP contribution in [0.15, 0.2) is 32.5 Å². The Balaban J connectivity index is 1.44. The normalized spacial score (nSPS) is 19.3. The number of esters is 1. The minimum absolute atomic E-state index is 0.119. The summed E-state index contributed by atoms with van der Waals surface area (Å²) < 4.78 is 6.61. The molecule has 2 aromatic heterocycles. The number of aromatic nitrogens is 5. The summed E-state index contributed by atoms with van der Waals surface area (Å²) in [5.41, 5.74) is 1.13. The fourth-order valence-electron chi connectivity index (χ4n) is 3.55. The van der Waals surface area contributed by atoms with Crippen LogP contribution in [0.5, 0.6) is 0 Å². The third-order valence-electron chi connectivity index (χ3n) is 5.14. The van der Waals surface area contributed by atoms with Crippen LogP contribution >= 0.6 is 34.9 Å². The first kappa shape index (κ1) is 28.5. The van der Waals surface area contributed by atoms with Gasteiger partial charge in [-0.15, -0.1) is 28.2 Å². The number of aryl methyl sites for hydroxylation is 1. The number of β-lactam (4-membered cyclic amide) rings is 1. The molecule has 0 radical (unpaired) electrons. The van der Waals surface area contributed by atoms with Crippen molar-refractivity contribution in [2.24, 2.45) is 12.2 Å². The van der Waals surface area contributed by atoms with Gasteiger partial charge in [0.2, 0.25) is 11.8 Å². The zero-order valence-electron chi connectivity index (χ0n) is 21.2. The van der Waals surface area contributed by atoms with Crippen molar-refractivity contribution < 1.29 is 33.9 Å². The second kappa shape index (κ2) is 11.7. The fraction of sp³-hybridized carbons (Fsp3) is 0.476. The van der Waals surface area contributed by atoms with E-state index in [-0.39, 0.29) is 22.9 Å². The molecule has 1 saturated heterocycles. The number of carboxylic acid groups (broad SMARTS) is 1. The molecule has 0 saturated carbocycles. The molecule has 39 heavy (non-hydrogen) atoms. The molecule has 0 aliphatic carbocycles. The van der Waals surface area contributed by atoms with Crippen molar-refractivity contribution in [3.05, 3.63) is 27.9 Å². The number of aliphatic carboxylic acids is 1. The van der Waals surface area contributed by atoms with Gasteiger partial charge in [0.1, 0.15) is 28.4 Å². The predicted octanol–water partition coefficient (Wildman–Crippen LogP) is 0.260. The highest BCUT2D eigenvalue weighted by Gasteiger charge is 2.54. The Kier molecular flexibility index (Phi) is 8.55. The summed E-state index contributed by atoms with van der Waals surface area (Å²) >= 11 is 3.79. The van der Waals surface area contributed by atoms with Crippen molar-refractivity contribution in [1.29, 1.82) is 0 Å². The Morgan fingerprint density at radius 3 is 2.72 bits per heavy atom. The SMILES string of the molecule is Cn1nnnc1SCC1=C(C(=O)O)N2C(=O)C(NC(=O)/C(=N\OCC(=O)OC(C)(C)C)c3cscn3)[C@H]2SC1. The van der Waals surface area contributed by atoms with Crippen LogP contribution in [0.2, 0.25) is 0 Å². The molecule has 1 fully saturated rings. The first-order valence-corrected chi connectivity index (χ1v) is 14.3. The molecule has 0 bridgehead atoms. The van der Waals surface area contributed by atoms with Crippen molar-refractivity contribution in [2.75, 3.05) is 18.1 Å². The molecule has 18 heteroatoms. The van der Waals surface area contributed by atoms with Crippen molar-refractivity contribution in [1.82, 2.24) is 35.4 Å². The molecular formula is C21H24N8O7S3. The van der Waals surface area contributed by atoms with Crippen LogP contribution in [0.25, 0.3) is 0 Å². The number of oxime groups is 1. The molecule has 2 aliphatic heterocycles. The van der Waals surface area contributed by atoms with Gasteiger partial charge in [-0.3, -0.25) is 14.5 Å². The average molecular weight is 597 g/mol. The van der Waals surface area contributed by atoms with Crippen molar-refractivity contribution >= 4 is 64.3 Å². The summed E-state index contributed by atoms with van der Waals surface area (Å²) in [7, 11) is 1.67. The highest BCUT2D eigenvalue weighted by Crippen LogP contribution is 2.41. The Bertz CT molecular complexity index is 1340. The fourth-order valence-corrected chi connectivity index (χ4v) is 6.43. The minimum Gasteiger partial charge on any atom is -0.477 e. The summed E-state index contributed by atoms with van der Waals surface area (Å²) in [5, 5.41) is 28.9. The number of tetrazole rings is 1. The summed E-state index contributed by atoms with van der Waals surface area (Å²) in [5.74, 6) is -2.66. The quantitative estimate of drug-likeness (QED) is 0.125. The minimum atomic E-state index is -1.25. The number of carboxylic acids is 1. The number of carbonyl (C=O) groups is 4. The number of thioether (sulfide) groups is 2. The number of amides is 2. The topological polar surface area (TPSA) is 191 Å². The Labute approximate surface area is 234 Å². The van der Waals surface area contributed by atoms with Gasteiger partial charge in [0.15, 0.2) is 5.71 Å². The molecule has 2 aromatic rings. The number of nitrogens with one attached hydrogen (secondary N) is 1. The highest BCUT2D eigenvalue weighted by molar-refractivity contribution is 8.01. The lowest BCUT2D eigenvalue weighted by Crippen LogP contribution is -2.71. The third-order valence-corrected chi connectivity index (χ3v) is 8.16. The smallest absolute Gasteiger partial charge is 0.352 e. The lowest BCUT2D eigenvalue weighted by atomic mass is 10.0. The van der Waals surface area contributed by atoms with Crippen LogP contribution in [0.3, 0.4) is 0 Å². The Morgan fingerprint density at radius 1 is 1.33 bits per heavy atom. The van der Waals surface area contributed by atoms with E-state index < -0.39 is 47.4 Å². The van der Waals surface area contributed by atoms with E-state index >= 15 is 0 Å². The zero-order valence-corrected chi connectivity index (χ0v) is 23.6. The molecule has 208 valence electrons. The summed E-state index contributed by atoms with van der Waals surface area (Å²) in [6, 6.07) is -0.997. The molecule has 15 nitrogen and oxygen atoms in total. The maximum Gasteiger partial charge on any atom is 0.352 e. The predicted molar refractivity (Wildman–Crippen MR) is 140 cm³/mol. The van der Waals surface area contributed by atoms with Crippen molar-refractivity contribution in [3.63, 3.8) is 0 Å². The average Bonchev–Trinajstić information content (AvgIpc) is 3.53. The van der Waals surface area contributed by atoms with Gasteiger partial charge in [0.05, 0.1) is 5.51 Å². The second-order valence-corrected chi connectivity index (χ2v) is 11.9. The van der Waals surface area contributed by atoms with E-state index in [0.717, 1.165) is 0 Å². The van der Waals surface area contributed by atoms with Gasteiger partial charge in [0, 0.05) is 23.9 Å². The number of hydrogen-bond donors (Lipinski definition) is 2. The van der Waals surface area contributed by atoms with Crippen LogP contribution in [0, 0.1) is 0 Å². The molecule has 4 heterocycles. The van der Waals surface area contributed by atoms with Gasteiger partial charge < -0.3 is 20.0 Å². The van der Waals surface area contributed by atoms with Crippen molar-refractivity contribution in [3.8, 4) is 0 Å². The number of rotatable bonds is 10. The number of fused-ring (bicyclic) bond motifs is 1. The van der Waals surface area contributed by atoms with Crippen LogP contribution in [-0.2, 0) is 35.8 Å². The molecule has 0 spiro atoms. The van der Waals surface area contributed by atoms with E-state index in [0.29, 0.717) is 16.5 Å². The largest absolute Gasteiger partial charge is 0.477 e. The van der Waals surface area contributed by atoms with E-state index in [1.165, 1.54) is 50.0 Å². The standard InChI is InChI=1S/C21H24N8O7S3/c1-21(2,3)36-12(30)5-35-25-13(11-8-37-9-22-11)16(31)23-14-17(32)29-15(19(33)34)10(6-38-18(14)29)7-39-20-24-26-27-28(20)4/h8-9,14,18H,5-7H2,1-4H3,(H,23,31)(H,33,34)/b25-13-/t14?,18-/m1/s1. The number of hydrogen-bond acceptors (Lipinski definition) is 14.